The summed E-state index contributed by atoms with van der Waals surface area (Å²) in [6, 6.07) is 4.66. The largest absolute Gasteiger partial charge is 0.490 e. The van der Waals surface area contributed by atoms with E-state index in [2.05, 4.69) is 9.71 Å². The predicted molar refractivity (Wildman–Crippen MR) is 92.1 cm³/mol. The number of nitrogens with zero attached hydrogens (tertiary/aromatic N) is 1. The maximum Gasteiger partial charge on any atom is 0.240 e. The highest BCUT2D eigenvalue weighted by molar-refractivity contribution is 7.89. The van der Waals surface area contributed by atoms with Crippen LogP contribution in [0.4, 0.5) is 5.13 Å². The first-order valence-electron chi connectivity index (χ1n) is 7.64. The highest BCUT2D eigenvalue weighted by Gasteiger charge is 2.18. The van der Waals surface area contributed by atoms with Gasteiger partial charge in [-0.05, 0) is 25.0 Å². The van der Waals surface area contributed by atoms with E-state index in [1.807, 2.05) is 5.38 Å². The topological polar surface area (TPSA) is 104 Å². The highest BCUT2D eigenvalue weighted by Crippen LogP contribution is 2.31. The number of hydrogen-bond acceptors (Lipinski definition) is 7. The third-order valence-electron chi connectivity index (χ3n) is 3.50. The smallest absolute Gasteiger partial charge is 0.240 e. The third-order valence-corrected chi connectivity index (χ3v) is 5.68. The fraction of sp³-hybridized carbons (Fsp3) is 0.400. The molecule has 0 unspecified atom stereocenters. The zero-order chi connectivity index (χ0) is 17.0. The molecular weight excluding hydrogens is 350 g/mol. The van der Waals surface area contributed by atoms with Crippen molar-refractivity contribution in [2.75, 3.05) is 25.5 Å². The van der Waals surface area contributed by atoms with Crippen LogP contribution in [0.15, 0.2) is 28.5 Å². The normalized spacial score (nSPS) is 14.3. The van der Waals surface area contributed by atoms with Crippen molar-refractivity contribution in [3.05, 3.63) is 29.3 Å². The number of nitrogen functional groups attached to an aromatic ring is 1. The van der Waals surface area contributed by atoms with E-state index in [0.29, 0.717) is 49.2 Å². The molecule has 0 fully saturated rings. The second kappa shape index (κ2) is 7.37. The van der Waals surface area contributed by atoms with Gasteiger partial charge in [0.25, 0.3) is 0 Å². The molecule has 0 aliphatic carbocycles. The summed E-state index contributed by atoms with van der Waals surface area (Å²) in [6.45, 7) is 1.41. The molecule has 0 bridgehead atoms. The summed E-state index contributed by atoms with van der Waals surface area (Å²) < 4.78 is 38.4. The maximum absolute atomic E-state index is 12.4. The number of anilines is 1. The fourth-order valence-corrected chi connectivity index (χ4v) is 3.99. The van der Waals surface area contributed by atoms with Crippen LogP contribution in [0.1, 0.15) is 18.5 Å². The number of fused-ring (bicyclic) bond motifs is 1. The van der Waals surface area contributed by atoms with Gasteiger partial charge >= 0.3 is 0 Å². The summed E-state index contributed by atoms with van der Waals surface area (Å²) in [6.07, 6.45) is 2.10. The Balaban J connectivity index is 1.59. The summed E-state index contributed by atoms with van der Waals surface area (Å²) in [5.41, 5.74) is 6.45. The SMILES string of the molecule is Nc1nc(CCCNS(=O)(=O)c2ccc3c(c2)OCCCO3)cs1. The number of rotatable bonds is 6. The van der Waals surface area contributed by atoms with Gasteiger partial charge in [0.1, 0.15) is 0 Å². The molecule has 2 heterocycles. The number of nitrogens with one attached hydrogen (secondary N) is 1. The molecular formula is C15H19N3O4S2. The van der Waals surface area contributed by atoms with Gasteiger partial charge in [-0.15, -0.1) is 11.3 Å². The van der Waals surface area contributed by atoms with Crippen LogP contribution >= 0.6 is 11.3 Å². The number of nitrogens with two attached hydrogens (primary N) is 1. The molecule has 3 N–H and O–H groups in total. The Labute approximate surface area is 144 Å². The standard InChI is InChI=1S/C15H19N3O4S2/c16-15-18-11(10-23-15)3-1-6-17-24(19,20)12-4-5-13-14(9-12)22-8-2-7-21-13/h4-5,9-10,17H,1-3,6-8H2,(H2,16,18). The van der Waals surface area contributed by atoms with Crippen LogP contribution in [-0.4, -0.2) is 33.2 Å². The van der Waals surface area contributed by atoms with Crippen LogP contribution in [0.25, 0.3) is 0 Å². The lowest BCUT2D eigenvalue weighted by atomic mass is 10.2. The van der Waals surface area contributed by atoms with Crippen molar-refractivity contribution in [2.45, 2.75) is 24.2 Å². The van der Waals surface area contributed by atoms with Gasteiger partial charge in [-0.25, -0.2) is 18.1 Å². The number of hydrogen-bond donors (Lipinski definition) is 2. The molecule has 0 amide bonds. The molecule has 130 valence electrons. The second-order valence-electron chi connectivity index (χ2n) is 5.34. The molecule has 0 spiro atoms. The summed E-state index contributed by atoms with van der Waals surface area (Å²) in [7, 11) is -3.58. The lowest BCUT2D eigenvalue weighted by Gasteiger charge is -2.10. The van der Waals surface area contributed by atoms with E-state index < -0.39 is 10.0 Å². The van der Waals surface area contributed by atoms with Crippen molar-refractivity contribution >= 4 is 26.5 Å². The van der Waals surface area contributed by atoms with Crippen LogP contribution < -0.4 is 19.9 Å². The summed E-state index contributed by atoms with van der Waals surface area (Å²) in [5.74, 6) is 1.04. The predicted octanol–water partition coefficient (Wildman–Crippen LogP) is 1.80. The first-order valence-corrected chi connectivity index (χ1v) is 10.00. The lowest BCUT2D eigenvalue weighted by Crippen LogP contribution is -2.25. The van der Waals surface area contributed by atoms with Gasteiger partial charge < -0.3 is 15.2 Å². The van der Waals surface area contributed by atoms with E-state index in [1.54, 1.807) is 6.07 Å². The quantitative estimate of drug-likeness (QED) is 0.753. The second-order valence-corrected chi connectivity index (χ2v) is 7.99. The molecule has 3 rings (SSSR count). The average molecular weight is 369 g/mol. The fourth-order valence-electron chi connectivity index (χ4n) is 2.31. The van der Waals surface area contributed by atoms with E-state index in [1.165, 1.54) is 23.5 Å². The molecule has 9 heteroatoms. The van der Waals surface area contributed by atoms with Crippen molar-refractivity contribution in [3.8, 4) is 11.5 Å². The summed E-state index contributed by atoms with van der Waals surface area (Å²) in [5, 5.41) is 2.41. The Hall–Kier alpha value is -1.84. The lowest BCUT2D eigenvalue weighted by molar-refractivity contribution is 0.297. The highest BCUT2D eigenvalue weighted by atomic mass is 32.2. The van der Waals surface area contributed by atoms with Gasteiger partial charge in [0.2, 0.25) is 10.0 Å². The van der Waals surface area contributed by atoms with Gasteiger partial charge in [-0.3, -0.25) is 0 Å². The first kappa shape index (κ1) is 17.0. The average Bonchev–Trinajstić information content (AvgIpc) is 2.83. The molecule has 1 aromatic carbocycles. The third kappa shape index (κ3) is 4.16. The Morgan fingerprint density at radius 1 is 1.25 bits per heavy atom. The number of benzene rings is 1. The zero-order valence-electron chi connectivity index (χ0n) is 13.0. The minimum atomic E-state index is -3.58. The maximum atomic E-state index is 12.4. The molecule has 1 aromatic heterocycles. The molecule has 0 saturated carbocycles. The van der Waals surface area contributed by atoms with Crippen molar-refractivity contribution in [1.29, 1.82) is 0 Å². The number of thiazole rings is 1. The Bertz CT molecular complexity index is 805. The number of aromatic nitrogens is 1. The minimum absolute atomic E-state index is 0.171. The van der Waals surface area contributed by atoms with Gasteiger partial charge in [0.05, 0.1) is 23.8 Å². The van der Waals surface area contributed by atoms with Crippen LogP contribution in [0, 0.1) is 0 Å². The molecule has 1 aliphatic rings. The van der Waals surface area contributed by atoms with E-state index in [9.17, 15) is 8.42 Å². The van der Waals surface area contributed by atoms with Crippen LogP contribution in [-0.2, 0) is 16.4 Å². The summed E-state index contributed by atoms with van der Waals surface area (Å²) >= 11 is 1.38. The van der Waals surface area contributed by atoms with E-state index >= 15 is 0 Å². The van der Waals surface area contributed by atoms with Gasteiger partial charge in [-0.2, -0.15) is 0 Å². The molecule has 7 nitrogen and oxygen atoms in total. The minimum Gasteiger partial charge on any atom is -0.490 e. The Morgan fingerprint density at radius 3 is 2.79 bits per heavy atom. The molecule has 1 aliphatic heterocycles. The van der Waals surface area contributed by atoms with Gasteiger partial charge in [0.15, 0.2) is 16.6 Å². The van der Waals surface area contributed by atoms with Crippen LogP contribution in [0.2, 0.25) is 0 Å². The van der Waals surface area contributed by atoms with Crippen molar-refractivity contribution in [1.82, 2.24) is 9.71 Å². The van der Waals surface area contributed by atoms with E-state index in [4.69, 9.17) is 15.2 Å². The molecule has 0 saturated heterocycles. The van der Waals surface area contributed by atoms with Gasteiger partial charge in [0, 0.05) is 24.4 Å². The number of aryl methyl sites for hydroxylation is 1. The van der Waals surface area contributed by atoms with Crippen LogP contribution in [0.3, 0.4) is 0 Å². The van der Waals surface area contributed by atoms with E-state index in [0.717, 1.165) is 12.1 Å². The van der Waals surface area contributed by atoms with E-state index in [-0.39, 0.29) is 4.90 Å². The Morgan fingerprint density at radius 2 is 2.04 bits per heavy atom. The van der Waals surface area contributed by atoms with Crippen molar-refractivity contribution in [2.24, 2.45) is 0 Å². The summed E-state index contributed by atoms with van der Waals surface area (Å²) in [4.78, 5) is 4.32. The molecule has 0 radical (unpaired) electrons. The molecule has 2 aromatic rings. The molecule has 0 atom stereocenters. The first-order chi connectivity index (χ1) is 11.5. The van der Waals surface area contributed by atoms with Crippen molar-refractivity contribution in [3.63, 3.8) is 0 Å². The van der Waals surface area contributed by atoms with Crippen molar-refractivity contribution < 1.29 is 17.9 Å². The molecule has 24 heavy (non-hydrogen) atoms. The number of sulfonamides is 1. The number of ether oxygens (including phenoxy) is 2. The Kier molecular flexibility index (Phi) is 5.22. The monoisotopic (exact) mass is 369 g/mol. The zero-order valence-corrected chi connectivity index (χ0v) is 14.7. The van der Waals surface area contributed by atoms with Gasteiger partial charge in [-0.1, -0.05) is 0 Å². The van der Waals surface area contributed by atoms with Crippen LogP contribution in [0.5, 0.6) is 11.5 Å².